The summed E-state index contributed by atoms with van der Waals surface area (Å²) in [5.41, 5.74) is 1.42. The molecule has 0 saturated heterocycles. The highest BCUT2D eigenvalue weighted by atomic mass is 19.4. The van der Waals surface area contributed by atoms with E-state index in [1.165, 1.54) is 0 Å². The molecule has 1 fully saturated rings. The van der Waals surface area contributed by atoms with E-state index in [-0.39, 0.29) is 48.0 Å². The third-order valence-corrected chi connectivity index (χ3v) is 5.46. The fourth-order valence-electron chi connectivity index (χ4n) is 3.73. The Labute approximate surface area is 198 Å². The number of carbonyl (C=O) groups excluding carboxylic acids is 1. The first-order valence-corrected chi connectivity index (χ1v) is 11.3. The van der Waals surface area contributed by atoms with Gasteiger partial charge in [0.15, 0.2) is 5.69 Å². The average molecular weight is 499 g/mol. The number of nitrogens with zero attached hydrogens (tertiary/aromatic N) is 4. The van der Waals surface area contributed by atoms with Crippen LogP contribution >= 0.6 is 0 Å². The highest BCUT2D eigenvalue weighted by molar-refractivity contribution is 5.95. The molecule has 2 aromatic rings. The van der Waals surface area contributed by atoms with Gasteiger partial charge in [0.05, 0.1) is 5.69 Å². The molecule has 2 heterocycles. The van der Waals surface area contributed by atoms with Gasteiger partial charge in [-0.2, -0.15) is 18.3 Å². The maximum absolute atomic E-state index is 13.5. The number of aromatic nitrogens is 4. The zero-order chi connectivity index (χ0) is 26.2. The van der Waals surface area contributed by atoms with Crippen molar-refractivity contribution in [3.8, 4) is 0 Å². The second-order valence-electron chi connectivity index (χ2n) is 9.61. The smallest absolute Gasteiger partial charge is 0.383 e. The first-order valence-electron chi connectivity index (χ1n) is 11.3. The van der Waals surface area contributed by atoms with Crippen molar-refractivity contribution in [1.82, 2.24) is 19.3 Å². The van der Waals surface area contributed by atoms with Gasteiger partial charge >= 0.3 is 11.9 Å². The molecule has 10 nitrogen and oxygen atoms in total. The molecule has 1 amide bonds. The zero-order valence-corrected chi connectivity index (χ0v) is 20.0. The SMILES string of the molecule is CC(C)CN(C(=O)Cn1nc(C2CC2)cc(C(F)(F)F)c1=O)c1c(N)n(CC(C)C)c(=O)[nH]c1=O. The highest BCUT2D eigenvalue weighted by Crippen LogP contribution is 2.40. The molecule has 3 rings (SSSR count). The van der Waals surface area contributed by atoms with Gasteiger partial charge in [0, 0.05) is 19.0 Å². The lowest BCUT2D eigenvalue weighted by molar-refractivity contribution is -0.139. The average Bonchev–Trinajstić information content (AvgIpc) is 3.55. The van der Waals surface area contributed by atoms with E-state index in [2.05, 4.69) is 10.1 Å². The van der Waals surface area contributed by atoms with E-state index in [0.29, 0.717) is 17.5 Å². The van der Waals surface area contributed by atoms with Gasteiger partial charge in [-0.05, 0) is 30.7 Å². The monoisotopic (exact) mass is 498 g/mol. The first kappa shape index (κ1) is 26.2. The Morgan fingerprint density at radius 1 is 1.20 bits per heavy atom. The van der Waals surface area contributed by atoms with Crippen molar-refractivity contribution in [2.75, 3.05) is 17.2 Å². The molecule has 0 bridgehead atoms. The third kappa shape index (κ3) is 5.82. The number of nitrogen functional groups attached to an aromatic ring is 1. The van der Waals surface area contributed by atoms with E-state index in [1.54, 1.807) is 13.8 Å². The van der Waals surface area contributed by atoms with E-state index >= 15 is 0 Å². The van der Waals surface area contributed by atoms with Crippen LogP contribution in [0.3, 0.4) is 0 Å². The third-order valence-electron chi connectivity index (χ3n) is 5.46. The molecule has 0 aromatic carbocycles. The van der Waals surface area contributed by atoms with Crippen molar-refractivity contribution in [3.63, 3.8) is 0 Å². The maximum Gasteiger partial charge on any atom is 0.421 e. The lowest BCUT2D eigenvalue weighted by atomic mass is 10.2. The van der Waals surface area contributed by atoms with Gasteiger partial charge in [0.1, 0.15) is 17.9 Å². The predicted molar refractivity (Wildman–Crippen MR) is 123 cm³/mol. The summed E-state index contributed by atoms with van der Waals surface area (Å²) < 4.78 is 42.1. The van der Waals surface area contributed by atoms with Crippen LogP contribution in [0, 0.1) is 11.8 Å². The number of hydrogen-bond acceptors (Lipinski definition) is 6. The van der Waals surface area contributed by atoms with Crippen LogP contribution in [0.1, 0.15) is 57.7 Å². The number of amides is 1. The Kier molecular flexibility index (Phi) is 7.27. The number of rotatable bonds is 8. The lowest BCUT2D eigenvalue weighted by Gasteiger charge is -2.26. The summed E-state index contributed by atoms with van der Waals surface area (Å²) in [7, 11) is 0. The minimum absolute atomic E-state index is 0.0169. The molecule has 1 aliphatic rings. The number of hydrogen-bond donors (Lipinski definition) is 2. The fourth-order valence-corrected chi connectivity index (χ4v) is 3.73. The van der Waals surface area contributed by atoms with Crippen molar-refractivity contribution < 1.29 is 18.0 Å². The van der Waals surface area contributed by atoms with Gasteiger partial charge in [-0.25, -0.2) is 9.48 Å². The van der Waals surface area contributed by atoms with Gasteiger partial charge in [-0.3, -0.25) is 23.9 Å². The Morgan fingerprint density at radius 2 is 1.83 bits per heavy atom. The summed E-state index contributed by atoms with van der Waals surface area (Å²) >= 11 is 0. The van der Waals surface area contributed by atoms with Crippen LogP contribution in [-0.2, 0) is 24.1 Å². The van der Waals surface area contributed by atoms with Gasteiger partial charge in [0.2, 0.25) is 5.91 Å². The quantitative estimate of drug-likeness (QED) is 0.571. The second-order valence-corrected chi connectivity index (χ2v) is 9.61. The number of H-pyrrole nitrogens is 1. The second kappa shape index (κ2) is 9.70. The van der Waals surface area contributed by atoms with Gasteiger partial charge in [-0.15, -0.1) is 0 Å². The summed E-state index contributed by atoms with van der Waals surface area (Å²) in [6.45, 7) is 6.47. The maximum atomic E-state index is 13.5. The first-order chi connectivity index (χ1) is 16.2. The highest BCUT2D eigenvalue weighted by Gasteiger charge is 2.38. The number of nitrogens with two attached hydrogens (primary N) is 1. The summed E-state index contributed by atoms with van der Waals surface area (Å²) in [5, 5.41) is 4.00. The standard InChI is InChI=1S/C22H29F3N6O4/c1-11(2)8-29(17-18(26)30(9-12(3)4)21(35)27-19(17)33)16(32)10-31-20(34)14(22(23,24)25)7-15(28-31)13-5-6-13/h7,11-13H,5-6,8-10,26H2,1-4H3,(H,27,33,35). The van der Waals surface area contributed by atoms with E-state index in [1.807, 2.05) is 13.8 Å². The van der Waals surface area contributed by atoms with Crippen molar-refractivity contribution in [3.05, 3.63) is 48.5 Å². The molecule has 2 aromatic heterocycles. The molecule has 35 heavy (non-hydrogen) atoms. The van der Waals surface area contributed by atoms with Gasteiger partial charge in [0.25, 0.3) is 11.1 Å². The minimum Gasteiger partial charge on any atom is -0.383 e. The molecule has 192 valence electrons. The van der Waals surface area contributed by atoms with Crippen LogP contribution in [0.15, 0.2) is 20.4 Å². The fraction of sp³-hybridized carbons (Fsp3) is 0.591. The van der Waals surface area contributed by atoms with Gasteiger partial charge in [-0.1, -0.05) is 27.7 Å². The molecule has 1 aliphatic carbocycles. The summed E-state index contributed by atoms with van der Waals surface area (Å²) in [5.74, 6) is -1.51. The number of nitrogens with one attached hydrogen (secondary N) is 1. The number of carbonyl (C=O) groups is 1. The van der Waals surface area contributed by atoms with Crippen molar-refractivity contribution in [2.45, 2.75) is 65.7 Å². The largest absolute Gasteiger partial charge is 0.421 e. The Hall–Kier alpha value is -3.38. The Morgan fingerprint density at radius 3 is 2.34 bits per heavy atom. The molecule has 0 unspecified atom stereocenters. The molecule has 1 saturated carbocycles. The van der Waals surface area contributed by atoms with Crippen LogP contribution in [0.4, 0.5) is 24.7 Å². The Balaban J connectivity index is 2.10. The topological polar surface area (TPSA) is 136 Å². The normalized spacial score (nSPS) is 14.1. The van der Waals surface area contributed by atoms with E-state index in [0.717, 1.165) is 15.5 Å². The number of halogens is 3. The molecular weight excluding hydrogens is 469 g/mol. The minimum atomic E-state index is -4.92. The van der Waals surface area contributed by atoms with E-state index in [4.69, 9.17) is 5.73 Å². The molecule has 3 N–H and O–H groups in total. The molecule has 0 spiro atoms. The van der Waals surface area contributed by atoms with Crippen LogP contribution in [0.25, 0.3) is 0 Å². The number of aromatic amines is 1. The molecule has 13 heteroatoms. The van der Waals surface area contributed by atoms with Gasteiger partial charge < -0.3 is 10.6 Å². The molecular formula is C22H29F3N6O4. The Bertz CT molecular complexity index is 1290. The summed E-state index contributed by atoms with van der Waals surface area (Å²) in [6, 6.07) is 0.733. The van der Waals surface area contributed by atoms with Crippen molar-refractivity contribution in [1.29, 1.82) is 0 Å². The molecule has 0 radical (unpaired) electrons. The predicted octanol–water partition coefficient (Wildman–Crippen LogP) is 1.92. The van der Waals surface area contributed by atoms with Crippen molar-refractivity contribution >= 4 is 17.4 Å². The van der Waals surface area contributed by atoms with Crippen LogP contribution in [-0.4, -0.2) is 31.8 Å². The van der Waals surface area contributed by atoms with Crippen LogP contribution in [0.2, 0.25) is 0 Å². The summed E-state index contributed by atoms with van der Waals surface area (Å²) in [4.78, 5) is 54.0. The number of anilines is 2. The van der Waals surface area contributed by atoms with Crippen LogP contribution in [0.5, 0.6) is 0 Å². The molecule has 0 aliphatic heterocycles. The lowest BCUT2D eigenvalue weighted by Crippen LogP contribution is -2.45. The van der Waals surface area contributed by atoms with Crippen molar-refractivity contribution in [2.24, 2.45) is 11.8 Å². The van der Waals surface area contributed by atoms with E-state index in [9.17, 15) is 32.3 Å². The van der Waals surface area contributed by atoms with E-state index < -0.39 is 41.0 Å². The zero-order valence-electron chi connectivity index (χ0n) is 20.0. The van der Waals surface area contributed by atoms with Crippen LogP contribution < -0.4 is 27.4 Å². The number of alkyl halides is 3. The summed E-state index contributed by atoms with van der Waals surface area (Å²) in [6.07, 6.45) is -3.64. The molecule has 0 atom stereocenters.